The van der Waals surface area contributed by atoms with Crippen molar-refractivity contribution in [1.82, 2.24) is 5.32 Å². The van der Waals surface area contributed by atoms with Gasteiger partial charge in [-0.05, 0) is 17.7 Å². The molecule has 1 N–H and O–H groups in total. The van der Waals surface area contributed by atoms with Crippen molar-refractivity contribution in [2.24, 2.45) is 0 Å². The number of carbonyl (C=O) groups excluding carboxylic acids is 1. The summed E-state index contributed by atoms with van der Waals surface area (Å²) in [4.78, 5) is 11.4. The Morgan fingerprint density at radius 3 is 3.15 bits per heavy atom. The summed E-state index contributed by atoms with van der Waals surface area (Å²) < 4.78 is 17.1. The van der Waals surface area contributed by atoms with Crippen molar-refractivity contribution < 1.29 is 19.0 Å². The van der Waals surface area contributed by atoms with E-state index in [4.69, 9.17) is 9.47 Å². The summed E-state index contributed by atoms with van der Waals surface area (Å²) in [6, 6.07) is 7.84. The molecule has 0 spiro atoms. The maximum absolute atomic E-state index is 11.4. The SMILES string of the molecule is COC(=O)COC1(c2cccc(Br)c2)CNCCOC1. The fourth-order valence-electron chi connectivity index (χ4n) is 2.11. The van der Waals surface area contributed by atoms with Gasteiger partial charge in [0.05, 0.1) is 20.3 Å². The predicted octanol–water partition coefficient (Wildman–Crippen LogP) is 1.45. The molecule has 1 heterocycles. The molecule has 0 radical (unpaired) electrons. The Kier molecular flexibility index (Phi) is 5.54. The first-order valence-corrected chi connectivity index (χ1v) is 7.21. The van der Waals surface area contributed by atoms with Gasteiger partial charge in [-0.1, -0.05) is 28.1 Å². The standard InChI is InChI=1S/C14H18BrNO4/c1-18-13(17)8-20-14(9-16-5-6-19-10-14)11-3-2-4-12(15)7-11/h2-4,7,16H,5-6,8-10H2,1H3. The minimum atomic E-state index is -0.686. The molecule has 1 aromatic carbocycles. The molecule has 6 heteroatoms. The van der Waals surface area contributed by atoms with Gasteiger partial charge in [-0.25, -0.2) is 4.79 Å². The van der Waals surface area contributed by atoms with Crippen LogP contribution in [0.2, 0.25) is 0 Å². The third kappa shape index (κ3) is 3.79. The van der Waals surface area contributed by atoms with Gasteiger partial charge in [-0.15, -0.1) is 0 Å². The Morgan fingerprint density at radius 2 is 2.40 bits per heavy atom. The molecule has 1 aromatic rings. The summed E-state index contributed by atoms with van der Waals surface area (Å²) in [6.07, 6.45) is 0. The Labute approximate surface area is 126 Å². The summed E-state index contributed by atoms with van der Waals surface area (Å²) in [5, 5.41) is 3.28. The van der Waals surface area contributed by atoms with Crippen LogP contribution < -0.4 is 5.32 Å². The lowest BCUT2D eigenvalue weighted by Gasteiger charge is -2.32. The molecule has 1 aliphatic heterocycles. The molecule has 5 nitrogen and oxygen atoms in total. The minimum Gasteiger partial charge on any atom is -0.467 e. The van der Waals surface area contributed by atoms with Crippen LogP contribution in [-0.2, 0) is 24.6 Å². The second kappa shape index (κ2) is 7.17. The van der Waals surface area contributed by atoms with Crippen molar-refractivity contribution in [2.75, 3.05) is 40.0 Å². The number of benzene rings is 1. The first kappa shape index (κ1) is 15.4. The van der Waals surface area contributed by atoms with Crippen LogP contribution in [0.15, 0.2) is 28.7 Å². The number of nitrogens with one attached hydrogen (secondary N) is 1. The highest BCUT2D eigenvalue weighted by molar-refractivity contribution is 9.10. The molecule has 0 aliphatic carbocycles. The molecule has 110 valence electrons. The maximum atomic E-state index is 11.4. The highest BCUT2D eigenvalue weighted by atomic mass is 79.9. The molecule has 1 atom stereocenters. The monoisotopic (exact) mass is 343 g/mol. The predicted molar refractivity (Wildman–Crippen MR) is 77.5 cm³/mol. The summed E-state index contributed by atoms with van der Waals surface area (Å²) >= 11 is 3.46. The van der Waals surface area contributed by atoms with Crippen LogP contribution >= 0.6 is 15.9 Å². The molecule has 0 amide bonds. The van der Waals surface area contributed by atoms with Crippen LogP contribution in [0.4, 0.5) is 0 Å². The van der Waals surface area contributed by atoms with Gasteiger partial charge in [-0.3, -0.25) is 0 Å². The van der Waals surface area contributed by atoms with Crippen LogP contribution in [0, 0.1) is 0 Å². The van der Waals surface area contributed by atoms with Crippen LogP contribution in [0.25, 0.3) is 0 Å². The lowest BCUT2D eigenvalue weighted by atomic mass is 9.94. The van der Waals surface area contributed by atoms with Crippen LogP contribution in [0.5, 0.6) is 0 Å². The van der Waals surface area contributed by atoms with E-state index in [1.807, 2.05) is 24.3 Å². The van der Waals surface area contributed by atoms with E-state index in [0.29, 0.717) is 19.8 Å². The van der Waals surface area contributed by atoms with Crippen LogP contribution in [-0.4, -0.2) is 46.0 Å². The van der Waals surface area contributed by atoms with Crippen molar-refractivity contribution in [1.29, 1.82) is 0 Å². The summed E-state index contributed by atoms with van der Waals surface area (Å²) in [6.45, 7) is 2.26. The lowest BCUT2D eigenvalue weighted by molar-refractivity contribution is -0.157. The molecule has 2 rings (SSSR count). The van der Waals surface area contributed by atoms with E-state index in [0.717, 1.165) is 16.6 Å². The average Bonchev–Trinajstić information content (AvgIpc) is 2.71. The zero-order valence-corrected chi connectivity index (χ0v) is 12.9. The molecular weight excluding hydrogens is 326 g/mol. The van der Waals surface area contributed by atoms with Gasteiger partial charge in [0.2, 0.25) is 0 Å². The zero-order chi connectivity index (χ0) is 14.4. The highest BCUT2D eigenvalue weighted by Gasteiger charge is 2.36. The number of carbonyl (C=O) groups is 1. The fraction of sp³-hybridized carbons (Fsp3) is 0.500. The van der Waals surface area contributed by atoms with Gasteiger partial charge in [0, 0.05) is 17.6 Å². The number of halogens is 1. The Morgan fingerprint density at radius 1 is 1.55 bits per heavy atom. The van der Waals surface area contributed by atoms with Crippen LogP contribution in [0.1, 0.15) is 5.56 Å². The van der Waals surface area contributed by atoms with Gasteiger partial charge >= 0.3 is 5.97 Å². The third-order valence-electron chi connectivity index (χ3n) is 3.21. The van der Waals surface area contributed by atoms with Gasteiger partial charge in [-0.2, -0.15) is 0 Å². The van der Waals surface area contributed by atoms with E-state index in [9.17, 15) is 4.79 Å². The number of hydrogen-bond acceptors (Lipinski definition) is 5. The van der Waals surface area contributed by atoms with E-state index < -0.39 is 11.6 Å². The van der Waals surface area contributed by atoms with Crippen molar-refractivity contribution >= 4 is 21.9 Å². The first-order valence-electron chi connectivity index (χ1n) is 6.41. The van der Waals surface area contributed by atoms with Gasteiger partial charge in [0.15, 0.2) is 0 Å². The molecule has 1 fully saturated rings. The lowest BCUT2D eigenvalue weighted by Crippen LogP contribution is -2.43. The average molecular weight is 344 g/mol. The molecule has 0 aromatic heterocycles. The Hall–Kier alpha value is -0.950. The van der Waals surface area contributed by atoms with E-state index in [-0.39, 0.29) is 6.61 Å². The second-order valence-corrected chi connectivity index (χ2v) is 5.51. The molecule has 0 saturated carbocycles. The van der Waals surface area contributed by atoms with Gasteiger partial charge in [0.1, 0.15) is 12.2 Å². The van der Waals surface area contributed by atoms with E-state index in [1.54, 1.807) is 0 Å². The minimum absolute atomic E-state index is 0.103. The molecule has 1 unspecified atom stereocenters. The van der Waals surface area contributed by atoms with Crippen molar-refractivity contribution in [3.8, 4) is 0 Å². The Balaban J connectivity index is 2.24. The van der Waals surface area contributed by atoms with Gasteiger partial charge in [0.25, 0.3) is 0 Å². The van der Waals surface area contributed by atoms with E-state index in [1.165, 1.54) is 7.11 Å². The summed E-state index contributed by atoms with van der Waals surface area (Å²) in [7, 11) is 1.35. The second-order valence-electron chi connectivity index (χ2n) is 4.60. The first-order chi connectivity index (χ1) is 9.66. The smallest absolute Gasteiger partial charge is 0.331 e. The molecule has 1 saturated heterocycles. The molecule has 20 heavy (non-hydrogen) atoms. The third-order valence-corrected chi connectivity index (χ3v) is 3.71. The summed E-state index contributed by atoms with van der Waals surface area (Å²) in [5.74, 6) is -0.399. The van der Waals surface area contributed by atoms with Gasteiger partial charge < -0.3 is 19.5 Å². The number of ether oxygens (including phenoxy) is 3. The van der Waals surface area contributed by atoms with E-state index >= 15 is 0 Å². The quantitative estimate of drug-likeness (QED) is 0.838. The van der Waals surface area contributed by atoms with Crippen LogP contribution in [0.3, 0.4) is 0 Å². The number of methoxy groups -OCH3 is 1. The topological polar surface area (TPSA) is 56.8 Å². The van der Waals surface area contributed by atoms with E-state index in [2.05, 4.69) is 26.0 Å². The normalized spacial score (nSPS) is 23.1. The maximum Gasteiger partial charge on any atom is 0.331 e. The largest absolute Gasteiger partial charge is 0.467 e. The number of rotatable bonds is 4. The fourth-order valence-corrected chi connectivity index (χ4v) is 2.51. The number of hydrogen-bond donors (Lipinski definition) is 1. The molecule has 1 aliphatic rings. The molecular formula is C14H18BrNO4. The van der Waals surface area contributed by atoms with Crippen molar-refractivity contribution in [3.05, 3.63) is 34.3 Å². The summed E-state index contributed by atoms with van der Waals surface area (Å²) in [5.41, 5.74) is 0.277. The zero-order valence-electron chi connectivity index (χ0n) is 11.4. The Bertz CT molecular complexity index is 458. The highest BCUT2D eigenvalue weighted by Crippen LogP contribution is 2.29. The molecule has 0 bridgehead atoms. The van der Waals surface area contributed by atoms with Crippen molar-refractivity contribution in [2.45, 2.75) is 5.60 Å². The number of esters is 1. The van der Waals surface area contributed by atoms with Crippen molar-refractivity contribution in [3.63, 3.8) is 0 Å².